The molecule has 0 saturated carbocycles. The Kier molecular flexibility index (Phi) is 3.85. The van der Waals surface area contributed by atoms with Gasteiger partial charge in [-0.05, 0) is 31.4 Å². The molecule has 0 spiro atoms. The summed E-state index contributed by atoms with van der Waals surface area (Å²) in [5.41, 5.74) is 1.59. The molecule has 1 aliphatic rings. The molecular formula is C15H18N4O2. The molecule has 1 aromatic heterocycles. The summed E-state index contributed by atoms with van der Waals surface area (Å²) in [6.07, 6.45) is 4.62. The van der Waals surface area contributed by atoms with E-state index in [1.807, 2.05) is 30.5 Å². The Bertz CT molecular complexity index is 638. The molecule has 1 aromatic carbocycles. The molecule has 0 bridgehead atoms. The van der Waals surface area contributed by atoms with Crippen molar-refractivity contribution in [3.05, 3.63) is 30.5 Å². The van der Waals surface area contributed by atoms with Gasteiger partial charge in [-0.2, -0.15) is 0 Å². The fraction of sp³-hybridized carbons (Fsp3) is 0.400. The molecule has 0 aliphatic carbocycles. The number of benzene rings is 1. The largest absolute Gasteiger partial charge is 0.496 e. The lowest BCUT2D eigenvalue weighted by Crippen LogP contribution is -2.31. The summed E-state index contributed by atoms with van der Waals surface area (Å²) in [4.78, 5) is 12.1. The van der Waals surface area contributed by atoms with E-state index in [9.17, 15) is 4.79 Å². The van der Waals surface area contributed by atoms with Crippen LogP contribution in [-0.2, 0) is 4.79 Å². The fourth-order valence-corrected chi connectivity index (χ4v) is 2.58. The molecule has 2 aromatic rings. The quantitative estimate of drug-likeness (QED) is 0.934. The maximum atomic E-state index is 12.1. The lowest BCUT2D eigenvalue weighted by molar-refractivity contribution is -0.124. The number of aromatic nitrogens is 3. The Morgan fingerprint density at radius 1 is 1.33 bits per heavy atom. The Balaban J connectivity index is 1.90. The van der Waals surface area contributed by atoms with Gasteiger partial charge in [-0.25, -0.2) is 4.68 Å². The van der Waals surface area contributed by atoms with Crippen molar-refractivity contribution in [3.8, 4) is 17.0 Å². The van der Waals surface area contributed by atoms with E-state index in [-0.39, 0.29) is 11.9 Å². The van der Waals surface area contributed by atoms with E-state index >= 15 is 0 Å². The molecule has 2 heterocycles. The van der Waals surface area contributed by atoms with Crippen LogP contribution >= 0.6 is 0 Å². The highest BCUT2D eigenvalue weighted by molar-refractivity contribution is 5.80. The van der Waals surface area contributed by atoms with Crippen LogP contribution in [-0.4, -0.2) is 34.6 Å². The summed E-state index contributed by atoms with van der Waals surface area (Å²) in [6.45, 7) is 0.739. The topological polar surface area (TPSA) is 69.0 Å². The van der Waals surface area contributed by atoms with Crippen molar-refractivity contribution >= 4 is 5.91 Å². The van der Waals surface area contributed by atoms with E-state index < -0.39 is 0 Å². The number of nitrogens with one attached hydrogen (secondary N) is 1. The molecule has 1 fully saturated rings. The smallest absolute Gasteiger partial charge is 0.244 e. The number of para-hydroxylation sites is 1. The molecule has 21 heavy (non-hydrogen) atoms. The van der Waals surface area contributed by atoms with Gasteiger partial charge in [0.15, 0.2) is 0 Å². The number of carbonyl (C=O) groups is 1. The SMILES string of the molecule is COc1ccccc1-c1cn(C2CCCCNC2=O)nn1. The van der Waals surface area contributed by atoms with E-state index in [2.05, 4.69) is 15.6 Å². The standard InChI is InChI=1S/C15H18N4O2/c1-21-14-8-3-2-6-11(14)12-10-19(18-17-12)13-7-4-5-9-16-15(13)20/h2-3,6,8,10,13H,4-5,7,9H2,1H3,(H,16,20). The van der Waals surface area contributed by atoms with Gasteiger partial charge in [0.05, 0.1) is 13.3 Å². The summed E-state index contributed by atoms with van der Waals surface area (Å²) >= 11 is 0. The van der Waals surface area contributed by atoms with Gasteiger partial charge >= 0.3 is 0 Å². The molecule has 1 unspecified atom stereocenters. The van der Waals surface area contributed by atoms with Crippen LogP contribution in [0.3, 0.4) is 0 Å². The van der Waals surface area contributed by atoms with Gasteiger partial charge in [-0.15, -0.1) is 5.10 Å². The number of hydrogen-bond donors (Lipinski definition) is 1. The van der Waals surface area contributed by atoms with Crippen LogP contribution in [0.4, 0.5) is 0 Å². The number of nitrogens with zero attached hydrogens (tertiary/aromatic N) is 3. The monoisotopic (exact) mass is 286 g/mol. The average Bonchev–Trinajstić information content (AvgIpc) is 2.90. The number of amides is 1. The molecule has 3 rings (SSSR count). The molecule has 110 valence electrons. The van der Waals surface area contributed by atoms with E-state index in [1.54, 1.807) is 11.8 Å². The first-order valence-corrected chi connectivity index (χ1v) is 7.12. The van der Waals surface area contributed by atoms with Crippen molar-refractivity contribution < 1.29 is 9.53 Å². The molecule has 1 N–H and O–H groups in total. The first-order chi connectivity index (χ1) is 10.3. The number of carbonyl (C=O) groups excluding carboxylic acids is 1. The minimum Gasteiger partial charge on any atom is -0.496 e. The maximum Gasteiger partial charge on any atom is 0.244 e. The van der Waals surface area contributed by atoms with Crippen molar-refractivity contribution in [2.45, 2.75) is 25.3 Å². The van der Waals surface area contributed by atoms with E-state index in [0.29, 0.717) is 5.69 Å². The highest BCUT2D eigenvalue weighted by Crippen LogP contribution is 2.28. The van der Waals surface area contributed by atoms with E-state index in [0.717, 1.165) is 37.1 Å². The van der Waals surface area contributed by atoms with Crippen molar-refractivity contribution in [1.82, 2.24) is 20.3 Å². The first kappa shape index (κ1) is 13.6. The summed E-state index contributed by atoms with van der Waals surface area (Å²) < 4.78 is 6.99. The van der Waals surface area contributed by atoms with E-state index in [4.69, 9.17) is 4.74 Å². The van der Waals surface area contributed by atoms with Crippen molar-refractivity contribution in [2.24, 2.45) is 0 Å². The van der Waals surface area contributed by atoms with E-state index in [1.165, 1.54) is 0 Å². The van der Waals surface area contributed by atoms with Gasteiger partial charge in [0.1, 0.15) is 17.5 Å². The minimum absolute atomic E-state index is 0.0176. The molecule has 1 saturated heterocycles. The summed E-state index contributed by atoms with van der Waals surface area (Å²) in [5.74, 6) is 0.763. The van der Waals surface area contributed by atoms with Gasteiger partial charge in [0.2, 0.25) is 5.91 Å². The van der Waals surface area contributed by atoms with Crippen LogP contribution in [0.15, 0.2) is 30.5 Å². The van der Waals surface area contributed by atoms with Crippen LogP contribution in [0.5, 0.6) is 5.75 Å². The zero-order chi connectivity index (χ0) is 14.7. The number of rotatable bonds is 3. The first-order valence-electron chi connectivity index (χ1n) is 7.12. The predicted octanol–water partition coefficient (Wildman–Crippen LogP) is 1.79. The second-order valence-electron chi connectivity index (χ2n) is 5.09. The normalized spacial score (nSPS) is 18.9. The Labute approximate surface area is 123 Å². The maximum absolute atomic E-state index is 12.1. The van der Waals surface area contributed by atoms with Crippen LogP contribution in [0, 0.1) is 0 Å². The molecule has 1 amide bonds. The fourth-order valence-electron chi connectivity index (χ4n) is 2.58. The van der Waals surface area contributed by atoms with Gasteiger partial charge in [0.25, 0.3) is 0 Å². The molecular weight excluding hydrogens is 268 g/mol. The van der Waals surface area contributed by atoms with Crippen LogP contribution < -0.4 is 10.1 Å². The van der Waals surface area contributed by atoms with Gasteiger partial charge in [-0.3, -0.25) is 4.79 Å². The van der Waals surface area contributed by atoms with Gasteiger partial charge in [0, 0.05) is 12.1 Å². The van der Waals surface area contributed by atoms with Gasteiger partial charge in [-0.1, -0.05) is 17.3 Å². The summed E-state index contributed by atoms with van der Waals surface area (Å²) in [6, 6.07) is 7.37. The second kappa shape index (κ2) is 5.95. The number of ether oxygens (including phenoxy) is 1. The third-order valence-electron chi connectivity index (χ3n) is 3.72. The second-order valence-corrected chi connectivity index (χ2v) is 5.09. The molecule has 1 aliphatic heterocycles. The van der Waals surface area contributed by atoms with Crippen molar-refractivity contribution in [3.63, 3.8) is 0 Å². The predicted molar refractivity (Wildman–Crippen MR) is 77.9 cm³/mol. The van der Waals surface area contributed by atoms with Crippen molar-refractivity contribution in [1.29, 1.82) is 0 Å². The number of methoxy groups -OCH3 is 1. The zero-order valence-corrected chi connectivity index (χ0v) is 12.0. The molecule has 0 radical (unpaired) electrons. The third-order valence-corrected chi connectivity index (χ3v) is 3.72. The van der Waals surface area contributed by atoms with Crippen LogP contribution in [0.1, 0.15) is 25.3 Å². The highest BCUT2D eigenvalue weighted by Gasteiger charge is 2.24. The Hall–Kier alpha value is -2.37. The Morgan fingerprint density at radius 3 is 3.05 bits per heavy atom. The highest BCUT2D eigenvalue weighted by atomic mass is 16.5. The Morgan fingerprint density at radius 2 is 2.19 bits per heavy atom. The third kappa shape index (κ3) is 2.74. The lowest BCUT2D eigenvalue weighted by atomic mass is 10.1. The minimum atomic E-state index is -0.275. The lowest BCUT2D eigenvalue weighted by Gasteiger charge is -2.12. The zero-order valence-electron chi connectivity index (χ0n) is 12.0. The number of hydrogen-bond acceptors (Lipinski definition) is 4. The van der Waals surface area contributed by atoms with Gasteiger partial charge < -0.3 is 10.1 Å². The molecule has 1 atom stereocenters. The van der Waals surface area contributed by atoms with Crippen LogP contribution in [0.2, 0.25) is 0 Å². The van der Waals surface area contributed by atoms with Crippen molar-refractivity contribution in [2.75, 3.05) is 13.7 Å². The van der Waals surface area contributed by atoms with Crippen LogP contribution in [0.25, 0.3) is 11.3 Å². The average molecular weight is 286 g/mol. The summed E-state index contributed by atoms with van der Waals surface area (Å²) in [5, 5.41) is 11.2. The summed E-state index contributed by atoms with van der Waals surface area (Å²) in [7, 11) is 1.63. The molecule has 6 nitrogen and oxygen atoms in total. The molecule has 6 heteroatoms.